The summed E-state index contributed by atoms with van der Waals surface area (Å²) >= 11 is 0. The molecule has 5 N–H and O–H groups in total. The lowest BCUT2D eigenvalue weighted by Crippen LogP contribution is -2.32. The summed E-state index contributed by atoms with van der Waals surface area (Å²) in [6, 6.07) is 28.1. The van der Waals surface area contributed by atoms with Gasteiger partial charge in [-0.05, 0) is 86.2 Å². The first-order valence-corrected chi connectivity index (χ1v) is 18.2. The van der Waals surface area contributed by atoms with Crippen molar-refractivity contribution in [1.82, 2.24) is 0 Å². The Morgan fingerprint density at radius 1 is 0.673 bits per heavy atom. The molecule has 0 aliphatic heterocycles. The van der Waals surface area contributed by atoms with Gasteiger partial charge in [0.05, 0.1) is 38.3 Å². The van der Waals surface area contributed by atoms with Crippen molar-refractivity contribution in [1.29, 1.82) is 0 Å². The van der Waals surface area contributed by atoms with E-state index in [2.05, 4.69) is 0 Å². The van der Waals surface area contributed by atoms with E-state index in [1.54, 1.807) is 57.1 Å². The molecule has 0 aromatic heterocycles. The minimum absolute atomic E-state index is 0. The molecule has 4 atom stereocenters. The summed E-state index contributed by atoms with van der Waals surface area (Å²) in [5.74, 6) is -2.53. The third-order valence-electron chi connectivity index (χ3n) is 8.86. The average molecular weight is 800 g/mol. The van der Waals surface area contributed by atoms with E-state index < -0.39 is 30.7 Å². The molecule has 0 saturated carbocycles. The number of carbonyl (C=O) groups excluding carboxylic acids is 2. The first-order valence-electron chi connectivity index (χ1n) is 18.2. The molecule has 8 nitrogen and oxygen atoms in total. The van der Waals surface area contributed by atoms with Gasteiger partial charge in [-0.1, -0.05) is 91.8 Å². The van der Waals surface area contributed by atoms with Crippen LogP contribution in [0.15, 0.2) is 97.1 Å². The number of rotatable bonds is 18. The summed E-state index contributed by atoms with van der Waals surface area (Å²) in [6.07, 6.45) is 2.52. The fourth-order valence-electron chi connectivity index (χ4n) is 6.27. The Balaban J connectivity index is 0.000000534. The monoisotopic (exact) mass is 799 g/mol. The lowest BCUT2D eigenvalue weighted by atomic mass is 9.62. The highest BCUT2D eigenvalue weighted by Crippen LogP contribution is 2.27. The average Bonchev–Trinajstić information content (AvgIpc) is 3.14. The molecule has 0 amide bonds. The van der Waals surface area contributed by atoms with E-state index in [9.17, 15) is 33.6 Å². The first kappa shape index (κ1) is 49.3. The van der Waals surface area contributed by atoms with Crippen LogP contribution in [0.1, 0.15) is 37.8 Å². The van der Waals surface area contributed by atoms with Gasteiger partial charge in [0.1, 0.15) is 11.6 Å². The highest BCUT2D eigenvalue weighted by Gasteiger charge is 2.26. The molecule has 0 radical (unpaired) electrons. The maximum Gasteiger partial charge on any atom is 0.311 e. The Hall–Kier alpha value is -3.72. The van der Waals surface area contributed by atoms with Gasteiger partial charge in [0.15, 0.2) is 0 Å². The van der Waals surface area contributed by atoms with Gasteiger partial charge in [0.2, 0.25) is 0 Å². The van der Waals surface area contributed by atoms with Crippen molar-refractivity contribution < 1.29 is 43.1 Å². The van der Waals surface area contributed by atoms with E-state index in [1.165, 1.54) is 12.1 Å². The standard InChI is InChI=1S/C22H28BFO4.C20H24FNO3.2H2S/c1-3-28-22(26)19(15-25)13-17(14-23(2)27)12-16-8-10-18(11-9-16)20-6-4-5-7-21(20)24;1-2-25-20(24)16(13-23)12-17(22)11-14-7-9-15(10-8-14)18-5-3-4-6-19(18)21;;/h4-11,17,19,25,27H,3,12-15H2,1-2H3;3-10,16-17,23H,2,11-13,22H2,1H3;2*1H2/t17-,19+;16-,17+;;/m10../s1. The summed E-state index contributed by atoms with van der Waals surface area (Å²) in [5, 5.41) is 28.7. The minimum atomic E-state index is -0.604. The van der Waals surface area contributed by atoms with Crippen molar-refractivity contribution in [3.8, 4) is 22.3 Å². The lowest BCUT2D eigenvalue weighted by Gasteiger charge is -2.22. The second kappa shape index (κ2) is 26.2. The molecule has 0 heterocycles. The topological polar surface area (TPSA) is 139 Å². The number of aliphatic hydroxyl groups is 2. The number of carbonyl (C=O) groups is 2. The Bertz CT molecular complexity index is 1700. The summed E-state index contributed by atoms with van der Waals surface area (Å²) < 4.78 is 37.7. The third kappa shape index (κ3) is 16.5. The number of ether oxygens (including phenoxy) is 2. The van der Waals surface area contributed by atoms with E-state index in [0.29, 0.717) is 43.1 Å². The van der Waals surface area contributed by atoms with E-state index in [1.807, 2.05) is 48.5 Å². The van der Waals surface area contributed by atoms with Crippen molar-refractivity contribution in [3.63, 3.8) is 0 Å². The van der Waals surface area contributed by atoms with Crippen LogP contribution in [0, 0.1) is 29.4 Å². The lowest BCUT2D eigenvalue weighted by molar-refractivity contribution is -0.150. The number of esters is 2. The van der Waals surface area contributed by atoms with Crippen LogP contribution in [0.3, 0.4) is 0 Å². The van der Waals surface area contributed by atoms with E-state index in [0.717, 1.165) is 22.3 Å². The van der Waals surface area contributed by atoms with Crippen LogP contribution in [0.4, 0.5) is 8.78 Å². The number of hydrogen-bond donors (Lipinski definition) is 4. The second-order valence-corrected chi connectivity index (χ2v) is 13.2. The van der Waals surface area contributed by atoms with Crippen LogP contribution in [0.2, 0.25) is 13.1 Å². The van der Waals surface area contributed by atoms with Crippen molar-refractivity contribution in [2.24, 2.45) is 23.5 Å². The van der Waals surface area contributed by atoms with Crippen LogP contribution >= 0.6 is 27.0 Å². The molecule has 4 aromatic carbocycles. The van der Waals surface area contributed by atoms with Crippen LogP contribution in [0.25, 0.3) is 22.3 Å². The van der Waals surface area contributed by atoms with Gasteiger partial charge in [0.25, 0.3) is 6.92 Å². The van der Waals surface area contributed by atoms with Gasteiger partial charge in [0, 0.05) is 17.2 Å². The Labute approximate surface area is 338 Å². The van der Waals surface area contributed by atoms with E-state index >= 15 is 0 Å². The summed E-state index contributed by atoms with van der Waals surface area (Å²) in [6.45, 7) is 4.66. The molecule has 0 saturated heterocycles. The van der Waals surface area contributed by atoms with Gasteiger partial charge in [-0.15, -0.1) is 0 Å². The largest absolute Gasteiger partial charge is 0.466 e. The van der Waals surface area contributed by atoms with Crippen LogP contribution in [0.5, 0.6) is 0 Å². The molecule has 0 aliphatic rings. The van der Waals surface area contributed by atoms with Gasteiger partial charge < -0.3 is 30.4 Å². The summed E-state index contributed by atoms with van der Waals surface area (Å²) in [5.41, 5.74) is 10.8. The highest BCUT2D eigenvalue weighted by molar-refractivity contribution is 7.59. The molecule has 4 aromatic rings. The normalized spacial score (nSPS) is 12.7. The molecule has 55 heavy (non-hydrogen) atoms. The zero-order chi connectivity index (χ0) is 38.8. The molecular weight excluding hydrogens is 743 g/mol. The van der Waals surface area contributed by atoms with Gasteiger partial charge in [-0.3, -0.25) is 9.59 Å². The maximum atomic E-state index is 14.0. The number of benzene rings is 4. The van der Waals surface area contributed by atoms with E-state index in [-0.39, 0.29) is 77.0 Å². The predicted molar refractivity (Wildman–Crippen MR) is 226 cm³/mol. The van der Waals surface area contributed by atoms with Gasteiger partial charge in [-0.2, -0.15) is 27.0 Å². The molecule has 4 rings (SSSR count). The van der Waals surface area contributed by atoms with Gasteiger partial charge in [-0.25, -0.2) is 8.78 Å². The zero-order valence-corrected chi connectivity index (χ0v) is 33.8. The molecule has 0 bridgehead atoms. The van der Waals surface area contributed by atoms with Crippen molar-refractivity contribution in [3.05, 3.63) is 120 Å². The fourth-order valence-corrected chi connectivity index (χ4v) is 6.27. The number of nitrogens with two attached hydrogens (primary N) is 1. The highest BCUT2D eigenvalue weighted by atomic mass is 32.1. The van der Waals surface area contributed by atoms with Gasteiger partial charge >= 0.3 is 11.9 Å². The Morgan fingerprint density at radius 2 is 1.07 bits per heavy atom. The maximum absolute atomic E-state index is 14.0. The molecule has 300 valence electrons. The molecule has 13 heteroatoms. The first-order chi connectivity index (χ1) is 25.5. The van der Waals surface area contributed by atoms with Crippen LogP contribution < -0.4 is 5.73 Å². The molecule has 0 aliphatic carbocycles. The van der Waals surface area contributed by atoms with E-state index in [4.69, 9.17) is 15.2 Å². The Morgan fingerprint density at radius 3 is 1.45 bits per heavy atom. The van der Waals surface area contributed by atoms with Crippen molar-refractivity contribution in [2.45, 2.75) is 58.7 Å². The molecule has 0 fully saturated rings. The molecule has 0 unspecified atom stereocenters. The van der Waals surface area contributed by atoms with Crippen molar-refractivity contribution >= 4 is 45.8 Å². The predicted octanol–water partition coefficient (Wildman–Crippen LogP) is 6.98. The Kier molecular flexibility index (Phi) is 23.5. The summed E-state index contributed by atoms with van der Waals surface area (Å²) in [7, 11) is 0. The minimum Gasteiger partial charge on any atom is -0.466 e. The van der Waals surface area contributed by atoms with Crippen molar-refractivity contribution in [2.75, 3.05) is 26.4 Å². The smallest absolute Gasteiger partial charge is 0.311 e. The third-order valence-corrected chi connectivity index (χ3v) is 8.86. The van der Waals surface area contributed by atoms with Crippen LogP contribution in [-0.2, 0) is 31.9 Å². The number of aliphatic hydroxyl groups excluding tert-OH is 2. The molecular formula is C42H56BF2NO7S2. The quantitative estimate of drug-likeness (QED) is 0.0625. The molecule has 0 spiro atoms. The number of halogens is 2. The SMILES string of the molecule is CCOC(=O)[C@H](CO)C[C@H](CB(C)O)Cc1ccc(-c2ccccc2F)cc1.CCOC(=O)[C@H](CO)C[C@H](N)Cc1ccc(-c2ccccc2F)cc1.S.S. The van der Waals surface area contributed by atoms with Crippen LogP contribution in [-0.4, -0.2) is 66.6 Å². The summed E-state index contributed by atoms with van der Waals surface area (Å²) in [4.78, 5) is 23.7. The number of hydrogen-bond acceptors (Lipinski definition) is 8. The fraction of sp³-hybridized carbons (Fsp3) is 0.381. The zero-order valence-electron chi connectivity index (χ0n) is 31.8. The second-order valence-electron chi connectivity index (χ2n) is 13.2.